The summed E-state index contributed by atoms with van der Waals surface area (Å²) in [7, 11) is -5.39. The molecule has 0 aliphatic carbocycles. The zero-order valence-corrected chi connectivity index (χ0v) is 7.09. The summed E-state index contributed by atoms with van der Waals surface area (Å²) in [6, 6.07) is 0. The van der Waals surface area contributed by atoms with E-state index in [1.54, 1.807) is 0 Å². The molecule has 0 aliphatic heterocycles. The third-order valence-electron chi connectivity index (χ3n) is 0. The molecule has 0 spiro atoms. The Bertz CT molecular complexity index is 68.2. The maximum atomic E-state index is 8.55. The Morgan fingerprint density at radius 2 is 1.12 bits per heavy atom. The molecule has 8 heteroatoms. The van der Waals surface area contributed by atoms with Crippen LogP contribution in [0.25, 0.3) is 0 Å². The molecule has 0 heterocycles. The van der Waals surface area contributed by atoms with Crippen LogP contribution in [0, 0.1) is 0 Å². The molecule has 0 unspecified atom stereocenters. The Labute approximate surface area is 59.6 Å². The van der Waals surface area contributed by atoms with Crippen molar-refractivity contribution >= 4 is 30.8 Å². The molecule has 48 valence electrons. The summed E-state index contributed by atoms with van der Waals surface area (Å²) in [6.07, 6.45) is 0. The fraction of sp³-hybridized carbons (Fsp3) is 0. The average Bonchev–Trinajstić information content (AvgIpc) is 1.36. The SMILES string of the molecule is N.O=P([O-])([O-])[O-].[O]=[Sb+3]. The van der Waals surface area contributed by atoms with Crippen molar-refractivity contribution in [1.82, 2.24) is 6.15 Å². The quantitative estimate of drug-likeness (QED) is 0.355. The minimum absolute atomic E-state index is 0. The first-order chi connectivity index (χ1) is 3.00. The van der Waals surface area contributed by atoms with E-state index in [9.17, 15) is 0 Å². The summed E-state index contributed by atoms with van der Waals surface area (Å²) >= 11 is 0.500. The summed E-state index contributed by atoms with van der Waals surface area (Å²) in [6.45, 7) is 0. The van der Waals surface area contributed by atoms with Gasteiger partial charge < -0.3 is 25.4 Å². The Hall–Kier alpha value is 0.688. The van der Waals surface area contributed by atoms with Crippen LogP contribution in [0.2, 0.25) is 0 Å². The second-order valence-corrected chi connectivity index (χ2v) is 1.34. The van der Waals surface area contributed by atoms with Gasteiger partial charge in [0.2, 0.25) is 0 Å². The van der Waals surface area contributed by atoms with Gasteiger partial charge in [-0.3, -0.25) is 0 Å². The van der Waals surface area contributed by atoms with E-state index in [1.165, 1.54) is 0 Å². The molecule has 3 N–H and O–H groups in total. The van der Waals surface area contributed by atoms with Crippen molar-refractivity contribution in [1.29, 1.82) is 0 Å². The second-order valence-electron chi connectivity index (χ2n) is 0.447. The Morgan fingerprint density at radius 1 is 1.12 bits per heavy atom. The van der Waals surface area contributed by atoms with Crippen molar-refractivity contribution in [3.8, 4) is 0 Å². The van der Waals surface area contributed by atoms with Gasteiger partial charge in [0, 0.05) is 0 Å². The van der Waals surface area contributed by atoms with Gasteiger partial charge in [-0.15, -0.1) is 0 Å². The van der Waals surface area contributed by atoms with Gasteiger partial charge in [0.15, 0.2) is 0 Å². The van der Waals surface area contributed by atoms with Crippen LogP contribution in [0.1, 0.15) is 0 Å². The minimum atomic E-state index is -5.39. The summed E-state index contributed by atoms with van der Waals surface area (Å²) in [4.78, 5) is 25.6. The molecule has 0 saturated heterocycles. The number of rotatable bonds is 0. The molecule has 0 radical (unpaired) electrons. The van der Waals surface area contributed by atoms with E-state index in [2.05, 4.69) is 0 Å². The molecule has 0 fully saturated rings. The molecule has 0 aromatic rings. The van der Waals surface area contributed by atoms with Crippen LogP contribution < -0.4 is 20.8 Å². The van der Waals surface area contributed by atoms with Crippen LogP contribution in [0.5, 0.6) is 0 Å². The van der Waals surface area contributed by atoms with Crippen molar-refractivity contribution in [3.05, 3.63) is 0 Å². The van der Waals surface area contributed by atoms with E-state index in [1.807, 2.05) is 0 Å². The molecule has 0 aliphatic rings. The molecule has 0 amide bonds. The zero-order chi connectivity index (χ0) is 6.50. The van der Waals surface area contributed by atoms with E-state index in [0.717, 1.165) is 0 Å². The van der Waals surface area contributed by atoms with E-state index in [-0.39, 0.29) is 6.15 Å². The van der Waals surface area contributed by atoms with Crippen molar-refractivity contribution < 1.29 is 22.3 Å². The van der Waals surface area contributed by atoms with Gasteiger partial charge in [-0.25, -0.2) is 0 Å². The summed E-state index contributed by atoms with van der Waals surface area (Å²) in [5.74, 6) is 0. The van der Waals surface area contributed by atoms with Crippen LogP contribution in [0.4, 0.5) is 0 Å². The van der Waals surface area contributed by atoms with Crippen LogP contribution in [-0.2, 0) is 7.58 Å². The Kier molecular flexibility index (Phi) is 15.3. The fourth-order valence-electron chi connectivity index (χ4n) is 0. The molecule has 0 saturated carbocycles. The average molecular weight is 250 g/mol. The topological polar surface area (TPSA) is 138 Å². The van der Waals surface area contributed by atoms with Crippen LogP contribution >= 0.6 is 7.82 Å². The number of phosphoric acid groups is 1. The normalized spacial score (nSPS) is 8.12. The van der Waals surface area contributed by atoms with E-state index in [0.29, 0.717) is 23.0 Å². The van der Waals surface area contributed by atoms with Gasteiger partial charge in [0.25, 0.3) is 0 Å². The molecule has 0 atom stereocenters. The van der Waals surface area contributed by atoms with Crippen molar-refractivity contribution in [3.63, 3.8) is 0 Å². The van der Waals surface area contributed by atoms with Crippen molar-refractivity contribution in [2.75, 3.05) is 0 Å². The summed E-state index contributed by atoms with van der Waals surface area (Å²) < 4.78 is 16.8. The predicted octanol–water partition coefficient (Wildman–Crippen LogP) is -3.16. The van der Waals surface area contributed by atoms with Gasteiger partial charge in [0.1, 0.15) is 0 Å². The predicted molar refractivity (Wildman–Crippen MR) is 19.1 cm³/mol. The maximum absolute atomic E-state index is 8.55. The first-order valence-corrected chi connectivity index (χ1v) is 3.42. The van der Waals surface area contributed by atoms with E-state index >= 15 is 0 Å². The van der Waals surface area contributed by atoms with Gasteiger partial charge in [0.05, 0.1) is 0 Å². The molecule has 0 aromatic heterocycles. The Balaban J connectivity index is -0.0000000750. The molecular weight excluding hydrogens is 247 g/mol. The van der Waals surface area contributed by atoms with Crippen molar-refractivity contribution in [2.24, 2.45) is 0 Å². The van der Waals surface area contributed by atoms with Crippen LogP contribution in [0.3, 0.4) is 0 Å². The number of hydrogen-bond donors (Lipinski definition) is 1. The van der Waals surface area contributed by atoms with Gasteiger partial charge in [-0.1, -0.05) is 0 Å². The summed E-state index contributed by atoms with van der Waals surface area (Å²) in [5, 5.41) is 0. The van der Waals surface area contributed by atoms with E-state index < -0.39 is 7.82 Å². The van der Waals surface area contributed by atoms with Gasteiger partial charge in [-0.05, 0) is 0 Å². The zero-order valence-electron chi connectivity index (χ0n) is 3.64. The first-order valence-electron chi connectivity index (χ1n) is 0.913. The second kappa shape index (κ2) is 7.69. The molecule has 8 heavy (non-hydrogen) atoms. The third-order valence-corrected chi connectivity index (χ3v) is 0. The van der Waals surface area contributed by atoms with Gasteiger partial charge in [-0.2, -0.15) is 7.82 Å². The molecule has 0 bridgehead atoms. The first kappa shape index (κ1) is 15.9. The molecule has 6 nitrogen and oxygen atoms in total. The van der Waals surface area contributed by atoms with Crippen molar-refractivity contribution in [2.45, 2.75) is 0 Å². The fourth-order valence-corrected chi connectivity index (χ4v) is 0. The Morgan fingerprint density at radius 3 is 1.12 bits per heavy atom. The standard InChI is InChI=1S/H3N.H3O4P.O.Sb/c;1-5(2,3)4;;/h1H3;(H3,1,2,3,4);;/q;;;+3/p-3. The van der Waals surface area contributed by atoms with Crippen LogP contribution in [-0.4, -0.2) is 23.0 Å². The number of hydrogen-bond acceptors (Lipinski definition) is 6. The summed E-state index contributed by atoms with van der Waals surface area (Å²) in [5.41, 5.74) is 0. The molecular formula is H3NO5PSb. The monoisotopic (exact) mass is 249 g/mol. The third kappa shape index (κ3) is 457. The molecule has 0 aromatic carbocycles. The van der Waals surface area contributed by atoms with Crippen LogP contribution in [0.15, 0.2) is 0 Å². The van der Waals surface area contributed by atoms with E-state index in [4.69, 9.17) is 22.3 Å². The van der Waals surface area contributed by atoms with Gasteiger partial charge >= 0.3 is 26.0 Å². The molecule has 0 rings (SSSR count).